The maximum Gasteiger partial charge on any atom is 0.312 e. The van der Waals surface area contributed by atoms with Crippen molar-refractivity contribution in [3.8, 4) is 11.5 Å². The van der Waals surface area contributed by atoms with Crippen molar-refractivity contribution in [3.63, 3.8) is 0 Å². The molecule has 116 valence electrons. The summed E-state index contributed by atoms with van der Waals surface area (Å²) in [5.74, 6) is 0.244. The molecule has 21 heavy (non-hydrogen) atoms. The highest BCUT2D eigenvalue weighted by molar-refractivity contribution is 5.73. The monoisotopic (exact) mass is 294 g/mol. The quantitative estimate of drug-likeness (QED) is 0.844. The van der Waals surface area contributed by atoms with E-state index in [1.54, 1.807) is 25.1 Å². The van der Waals surface area contributed by atoms with E-state index in [0.29, 0.717) is 36.9 Å². The molecule has 1 aliphatic heterocycles. The molecule has 0 bridgehead atoms. The van der Waals surface area contributed by atoms with Gasteiger partial charge in [-0.3, -0.25) is 4.79 Å². The maximum absolute atomic E-state index is 12.1. The van der Waals surface area contributed by atoms with Crippen LogP contribution in [0.3, 0.4) is 0 Å². The van der Waals surface area contributed by atoms with Gasteiger partial charge in [-0.2, -0.15) is 0 Å². The molecule has 0 radical (unpaired) electrons. The van der Waals surface area contributed by atoms with Gasteiger partial charge in [0.05, 0.1) is 18.6 Å². The van der Waals surface area contributed by atoms with Crippen LogP contribution in [0, 0.1) is 11.8 Å². The first-order valence-electron chi connectivity index (χ1n) is 7.28. The summed E-state index contributed by atoms with van der Waals surface area (Å²) in [6.07, 6.45) is -0.931. The third-order valence-corrected chi connectivity index (χ3v) is 3.52. The van der Waals surface area contributed by atoms with Crippen LogP contribution in [0.4, 0.5) is 0 Å². The molecule has 1 aromatic carbocycles. The number of hydrogen-bond acceptors (Lipinski definition) is 5. The van der Waals surface area contributed by atoms with Gasteiger partial charge in [0.15, 0.2) is 11.5 Å². The molecule has 5 heteroatoms. The first-order chi connectivity index (χ1) is 10.0. The van der Waals surface area contributed by atoms with Crippen molar-refractivity contribution in [2.75, 3.05) is 19.8 Å². The van der Waals surface area contributed by atoms with E-state index in [1.165, 1.54) is 0 Å². The first-order valence-corrected chi connectivity index (χ1v) is 7.28. The number of aliphatic hydroxyl groups is 1. The molecular formula is C16H22O5. The standard InChI is InChI=1S/C16H22O5/c1-4-19-16(18)14(10(2)3)15(17)11-5-6-12-13(9-11)21-8-7-20-12/h5-6,9-10,14-15,17H,4,7-8H2,1-3H3. The highest BCUT2D eigenvalue weighted by Gasteiger charge is 2.32. The second-order valence-electron chi connectivity index (χ2n) is 5.37. The summed E-state index contributed by atoms with van der Waals surface area (Å²) in [4.78, 5) is 12.1. The summed E-state index contributed by atoms with van der Waals surface area (Å²) in [6.45, 7) is 6.84. The lowest BCUT2D eigenvalue weighted by Gasteiger charge is -2.26. The minimum absolute atomic E-state index is 0.0350. The van der Waals surface area contributed by atoms with Crippen molar-refractivity contribution in [1.29, 1.82) is 0 Å². The molecule has 1 N–H and O–H groups in total. The summed E-state index contributed by atoms with van der Waals surface area (Å²) in [5, 5.41) is 10.6. The molecule has 0 spiro atoms. The summed E-state index contributed by atoms with van der Waals surface area (Å²) < 4.78 is 16.0. The van der Waals surface area contributed by atoms with Crippen molar-refractivity contribution in [2.45, 2.75) is 26.9 Å². The van der Waals surface area contributed by atoms with Gasteiger partial charge in [0.1, 0.15) is 13.2 Å². The van der Waals surface area contributed by atoms with Gasteiger partial charge in [-0.25, -0.2) is 0 Å². The number of carbonyl (C=O) groups is 1. The van der Waals surface area contributed by atoms with Gasteiger partial charge in [0, 0.05) is 0 Å². The van der Waals surface area contributed by atoms with Gasteiger partial charge >= 0.3 is 5.97 Å². The third-order valence-electron chi connectivity index (χ3n) is 3.52. The van der Waals surface area contributed by atoms with E-state index in [2.05, 4.69) is 0 Å². The Balaban J connectivity index is 2.24. The Morgan fingerprint density at radius 2 is 1.95 bits per heavy atom. The van der Waals surface area contributed by atoms with Crippen molar-refractivity contribution < 1.29 is 24.1 Å². The minimum atomic E-state index is -0.931. The molecule has 0 aromatic heterocycles. The average molecular weight is 294 g/mol. The van der Waals surface area contributed by atoms with Crippen LogP contribution in [-0.4, -0.2) is 30.9 Å². The highest BCUT2D eigenvalue weighted by Crippen LogP contribution is 2.36. The molecule has 0 fully saturated rings. The number of ether oxygens (including phenoxy) is 3. The van der Waals surface area contributed by atoms with Crippen molar-refractivity contribution in [3.05, 3.63) is 23.8 Å². The predicted octanol–water partition coefficient (Wildman–Crippen LogP) is 2.33. The van der Waals surface area contributed by atoms with Crippen LogP contribution < -0.4 is 9.47 Å². The van der Waals surface area contributed by atoms with Crippen LogP contribution in [0.2, 0.25) is 0 Å². The molecule has 2 rings (SSSR count). The molecule has 0 amide bonds. The zero-order valence-electron chi connectivity index (χ0n) is 12.7. The normalized spacial score (nSPS) is 16.4. The van der Waals surface area contributed by atoms with E-state index >= 15 is 0 Å². The number of aliphatic hydroxyl groups excluding tert-OH is 1. The smallest absolute Gasteiger partial charge is 0.312 e. The van der Waals surface area contributed by atoms with Crippen LogP contribution >= 0.6 is 0 Å². The van der Waals surface area contributed by atoms with Crippen molar-refractivity contribution in [2.24, 2.45) is 11.8 Å². The third kappa shape index (κ3) is 3.47. The van der Waals surface area contributed by atoms with Crippen LogP contribution in [0.5, 0.6) is 11.5 Å². The van der Waals surface area contributed by atoms with E-state index in [0.717, 1.165) is 0 Å². The molecule has 1 heterocycles. The Morgan fingerprint density at radius 3 is 2.57 bits per heavy atom. The van der Waals surface area contributed by atoms with E-state index in [-0.39, 0.29) is 11.9 Å². The lowest BCUT2D eigenvalue weighted by Crippen LogP contribution is -2.29. The molecule has 0 saturated heterocycles. The fourth-order valence-electron chi connectivity index (χ4n) is 2.46. The number of hydrogen-bond donors (Lipinski definition) is 1. The van der Waals surface area contributed by atoms with Gasteiger partial charge < -0.3 is 19.3 Å². The number of esters is 1. The van der Waals surface area contributed by atoms with Gasteiger partial charge in [0.2, 0.25) is 0 Å². The molecule has 2 unspecified atom stereocenters. The number of rotatable bonds is 5. The molecule has 5 nitrogen and oxygen atoms in total. The Kier molecular flexibility index (Phi) is 5.07. The predicted molar refractivity (Wildman–Crippen MR) is 77.4 cm³/mol. The second kappa shape index (κ2) is 6.80. The number of fused-ring (bicyclic) bond motifs is 1. The van der Waals surface area contributed by atoms with Gasteiger partial charge in [-0.15, -0.1) is 0 Å². The van der Waals surface area contributed by atoms with E-state index in [1.807, 2.05) is 13.8 Å². The van der Waals surface area contributed by atoms with Crippen LogP contribution in [-0.2, 0) is 9.53 Å². The molecule has 0 aliphatic carbocycles. The van der Waals surface area contributed by atoms with Crippen molar-refractivity contribution >= 4 is 5.97 Å². The van der Waals surface area contributed by atoms with Crippen LogP contribution in [0.1, 0.15) is 32.4 Å². The van der Waals surface area contributed by atoms with Crippen molar-refractivity contribution in [1.82, 2.24) is 0 Å². The number of benzene rings is 1. The molecule has 2 atom stereocenters. The van der Waals surface area contributed by atoms with E-state index in [9.17, 15) is 9.90 Å². The summed E-state index contributed by atoms with van der Waals surface area (Å²) in [7, 11) is 0. The van der Waals surface area contributed by atoms with E-state index in [4.69, 9.17) is 14.2 Å². The lowest BCUT2D eigenvalue weighted by atomic mass is 9.86. The SMILES string of the molecule is CCOC(=O)C(C(C)C)C(O)c1ccc2c(c1)OCCO2. The summed E-state index contributed by atoms with van der Waals surface area (Å²) >= 11 is 0. The Hall–Kier alpha value is -1.75. The van der Waals surface area contributed by atoms with Gasteiger partial charge in [-0.1, -0.05) is 19.9 Å². The maximum atomic E-state index is 12.1. The molecule has 1 aromatic rings. The zero-order chi connectivity index (χ0) is 15.4. The van der Waals surface area contributed by atoms with Gasteiger partial charge in [-0.05, 0) is 30.5 Å². The summed E-state index contributed by atoms with van der Waals surface area (Å²) in [5.41, 5.74) is 0.631. The van der Waals surface area contributed by atoms with Gasteiger partial charge in [0.25, 0.3) is 0 Å². The summed E-state index contributed by atoms with van der Waals surface area (Å²) in [6, 6.07) is 5.25. The molecule has 1 aliphatic rings. The number of carbonyl (C=O) groups excluding carboxylic acids is 1. The fraction of sp³-hybridized carbons (Fsp3) is 0.562. The average Bonchev–Trinajstić information content (AvgIpc) is 2.46. The van der Waals surface area contributed by atoms with Crippen LogP contribution in [0.15, 0.2) is 18.2 Å². The Morgan fingerprint density at radius 1 is 1.29 bits per heavy atom. The largest absolute Gasteiger partial charge is 0.486 e. The zero-order valence-corrected chi connectivity index (χ0v) is 12.7. The van der Waals surface area contributed by atoms with E-state index < -0.39 is 12.0 Å². The lowest BCUT2D eigenvalue weighted by molar-refractivity contribution is -0.154. The Labute approximate surface area is 124 Å². The highest BCUT2D eigenvalue weighted by atomic mass is 16.6. The molecular weight excluding hydrogens is 272 g/mol. The second-order valence-corrected chi connectivity index (χ2v) is 5.37. The first kappa shape index (κ1) is 15.6. The minimum Gasteiger partial charge on any atom is -0.486 e. The molecule has 0 saturated carbocycles. The topological polar surface area (TPSA) is 65.0 Å². The fourth-order valence-corrected chi connectivity index (χ4v) is 2.46. The Bertz CT molecular complexity index is 497. The van der Waals surface area contributed by atoms with Crippen LogP contribution in [0.25, 0.3) is 0 Å².